The molecule has 0 N–H and O–H groups in total. The van der Waals surface area contributed by atoms with Crippen molar-refractivity contribution in [2.45, 2.75) is 26.2 Å². The van der Waals surface area contributed by atoms with Gasteiger partial charge in [0, 0.05) is 53.6 Å². The quantitative estimate of drug-likeness (QED) is 0.715. The predicted molar refractivity (Wildman–Crippen MR) is 102 cm³/mol. The predicted octanol–water partition coefficient (Wildman–Crippen LogP) is 3.40. The number of pyridine rings is 1. The molecule has 1 amide bonds. The monoisotopic (exact) mass is 364 g/mol. The molecule has 0 fully saturated rings. The van der Waals surface area contributed by atoms with E-state index in [1.807, 2.05) is 17.0 Å². The fraction of sp³-hybridized carbons (Fsp3) is 0.300. The fourth-order valence-corrected chi connectivity index (χ4v) is 3.96. The van der Waals surface area contributed by atoms with Gasteiger partial charge in [-0.3, -0.25) is 9.78 Å². The summed E-state index contributed by atoms with van der Waals surface area (Å²) in [4.78, 5) is 28.1. The number of amides is 1. The molecule has 0 saturated heterocycles. The van der Waals surface area contributed by atoms with Crippen LogP contribution in [-0.2, 0) is 19.3 Å². The van der Waals surface area contributed by atoms with Crippen LogP contribution < -0.4 is 0 Å². The van der Waals surface area contributed by atoms with Crippen LogP contribution in [0.1, 0.15) is 34.2 Å². The van der Waals surface area contributed by atoms with E-state index in [1.54, 1.807) is 23.9 Å². The Morgan fingerprint density at radius 2 is 2.04 bits per heavy atom. The molecule has 0 spiro atoms. The Kier molecular flexibility index (Phi) is 4.75. The van der Waals surface area contributed by atoms with Crippen LogP contribution in [0, 0.1) is 0 Å². The zero-order valence-corrected chi connectivity index (χ0v) is 15.5. The van der Waals surface area contributed by atoms with Crippen molar-refractivity contribution in [2.24, 2.45) is 0 Å². The van der Waals surface area contributed by atoms with Gasteiger partial charge < -0.3 is 4.90 Å². The maximum Gasteiger partial charge on any atom is 0.255 e. The normalized spacial score (nSPS) is 14.0. The van der Waals surface area contributed by atoms with E-state index in [0.717, 1.165) is 41.9 Å². The van der Waals surface area contributed by atoms with Crippen LogP contribution in [0.15, 0.2) is 41.5 Å². The lowest BCUT2D eigenvalue weighted by Gasteiger charge is -2.20. The lowest BCUT2D eigenvalue weighted by atomic mass is 10.0. The molecular formula is C20H20N4OS. The van der Waals surface area contributed by atoms with E-state index >= 15 is 0 Å². The number of aryl methyl sites for hydroxylation is 1. The molecule has 26 heavy (non-hydrogen) atoms. The molecule has 3 aromatic rings. The zero-order chi connectivity index (χ0) is 17.9. The van der Waals surface area contributed by atoms with Gasteiger partial charge in [-0.1, -0.05) is 6.92 Å². The average Bonchev–Trinajstić information content (AvgIpc) is 3.14. The van der Waals surface area contributed by atoms with Crippen molar-refractivity contribution in [3.63, 3.8) is 0 Å². The summed E-state index contributed by atoms with van der Waals surface area (Å²) < 4.78 is 0. The molecule has 0 radical (unpaired) electrons. The molecule has 6 heteroatoms. The number of rotatable bonds is 3. The maximum atomic E-state index is 12.9. The van der Waals surface area contributed by atoms with Gasteiger partial charge in [0.1, 0.15) is 6.33 Å². The van der Waals surface area contributed by atoms with Gasteiger partial charge in [0.2, 0.25) is 0 Å². The summed E-state index contributed by atoms with van der Waals surface area (Å²) in [5.41, 5.74) is 6.00. The average molecular weight is 364 g/mol. The first-order valence-electron chi connectivity index (χ1n) is 8.85. The minimum absolute atomic E-state index is 0.0398. The number of hydrogen-bond acceptors (Lipinski definition) is 5. The largest absolute Gasteiger partial charge is 0.338 e. The molecule has 0 aromatic carbocycles. The third-order valence-electron chi connectivity index (χ3n) is 4.80. The van der Waals surface area contributed by atoms with Crippen LogP contribution in [0.4, 0.5) is 0 Å². The number of fused-ring (bicyclic) bond motifs is 1. The van der Waals surface area contributed by atoms with Gasteiger partial charge in [-0.25, -0.2) is 9.97 Å². The second-order valence-electron chi connectivity index (χ2n) is 6.34. The van der Waals surface area contributed by atoms with Crippen molar-refractivity contribution in [3.8, 4) is 11.3 Å². The van der Waals surface area contributed by atoms with Crippen molar-refractivity contribution < 1.29 is 4.79 Å². The first-order valence-corrected chi connectivity index (χ1v) is 9.80. The number of thiophene rings is 1. The van der Waals surface area contributed by atoms with Gasteiger partial charge in [-0.2, -0.15) is 11.3 Å². The molecule has 5 nitrogen and oxygen atoms in total. The van der Waals surface area contributed by atoms with Gasteiger partial charge in [-0.05, 0) is 36.4 Å². The lowest BCUT2D eigenvalue weighted by Crippen LogP contribution is -2.33. The molecule has 0 saturated carbocycles. The third kappa shape index (κ3) is 3.24. The minimum Gasteiger partial charge on any atom is -0.338 e. The first kappa shape index (κ1) is 16.8. The van der Waals surface area contributed by atoms with E-state index in [-0.39, 0.29) is 5.91 Å². The van der Waals surface area contributed by atoms with Crippen molar-refractivity contribution in [2.75, 3.05) is 13.1 Å². The Bertz CT molecular complexity index is 906. The number of hydrogen-bond donors (Lipinski definition) is 0. The van der Waals surface area contributed by atoms with Crippen molar-refractivity contribution in [1.29, 1.82) is 0 Å². The molecule has 4 rings (SSSR count). The van der Waals surface area contributed by atoms with Gasteiger partial charge in [0.15, 0.2) is 0 Å². The van der Waals surface area contributed by atoms with Crippen LogP contribution in [0.3, 0.4) is 0 Å². The number of nitrogens with zero attached hydrogens (tertiary/aromatic N) is 4. The molecule has 0 bridgehead atoms. The van der Waals surface area contributed by atoms with Crippen molar-refractivity contribution in [3.05, 3.63) is 64.0 Å². The molecule has 132 valence electrons. The molecule has 0 atom stereocenters. The second kappa shape index (κ2) is 7.33. The Balaban J connectivity index is 1.56. The summed E-state index contributed by atoms with van der Waals surface area (Å²) in [7, 11) is 0. The number of aromatic nitrogens is 3. The SMILES string of the molecule is CCc1ccc(C(=O)N2CCc3ncnc(-c4ccsc4)c3CC2)cn1. The van der Waals surface area contributed by atoms with Crippen LogP contribution in [0.5, 0.6) is 0 Å². The molecule has 0 unspecified atom stereocenters. The maximum absolute atomic E-state index is 12.9. The highest BCUT2D eigenvalue weighted by atomic mass is 32.1. The van der Waals surface area contributed by atoms with Gasteiger partial charge in [0.25, 0.3) is 5.91 Å². The lowest BCUT2D eigenvalue weighted by molar-refractivity contribution is 0.0762. The Hall–Kier alpha value is -2.60. The van der Waals surface area contributed by atoms with Crippen LogP contribution >= 0.6 is 11.3 Å². The van der Waals surface area contributed by atoms with Crippen LogP contribution in [0.2, 0.25) is 0 Å². The highest BCUT2D eigenvalue weighted by Gasteiger charge is 2.23. The Morgan fingerprint density at radius 3 is 2.77 bits per heavy atom. The van der Waals surface area contributed by atoms with E-state index in [0.29, 0.717) is 18.7 Å². The molecule has 0 aliphatic carbocycles. The van der Waals surface area contributed by atoms with E-state index in [1.165, 1.54) is 5.56 Å². The van der Waals surface area contributed by atoms with Gasteiger partial charge in [0.05, 0.1) is 11.3 Å². The van der Waals surface area contributed by atoms with Gasteiger partial charge >= 0.3 is 0 Å². The summed E-state index contributed by atoms with van der Waals surface area (Å²) in [6.07, 6.45) is 5.72. The highest BCUT2D eigenvalue weighted by molar-refractivity contribution is 7.08. The molecular weight excluding hydrogens is 344 g/mol. The van der Waals surface area contributed by atoms with Crippen LogP contribution in [-0.4, -0.2) is 38.8 Å². The molecule has 1 aliphatic heterocycles. The van der Waals surface area contributed by atoms with Crippen molar-refractivity contribution in [1.82, 2.24) is 19.9 Å². The first-order chi connectivity index (χ1) is 12.8. The fourth-order valence-electron chi connectivity index (χ4n) is 3.32. The third-order valence-corrected chi connectivity index (χ3v) is 5.48. The van der Waals surface area contributed by atoms with Crippen LogP contribution in [0.25, 0.3) is 11.3 Å². The van der Waals surface area contributed by atoms with E-state index < -0.39 is 0 Å². The molecule has 1 aliphatic rings. The Labute approximate surface area is 156 Å². The van der Waals surface area contributed by atoms with E-state index in [4.69, 9.17) is 0 Å². The second-order valence-corrected chi connectivity index (χ2v) is 7.12. The topological polar surface area (TPSA) is 59.0 Å². The highest BCUT2D eigenvalue weighted by Crippen LogP contribution is 2.27. The Morgan fingerprint density at radius 1 is 1.15 bits per heavy atom. The zero-order valence-electron chi connectivity index (χ0n) is 14.7. The van der Waals surface area contributed by atoms with Gasteiger partial charge in [-0.15, -0.1) is 0 Å². The number of carbonyl (C=O) groups is 1. The minimum atomic E-state index is 0.0398. The molecule has 4 heterocycles. The summed E-state index contributed by atoms with van der Waals surface area (Å²) in [5.74, 6) is 0.0398. The summed E-state index contributed by atoms with van der Waals surface area (Å²) in [5, 5.41) is 4.17. The summed E-state index contributed by atoms with van der Waals surface area (Å²) in [6.45, 7) is 3.40. The summed E-state index contributed by atoms with van der Waals surface area (Å²) in [6, 6.07) is 5.89. The van der Waals surface area contributed by atoms with Crippen molar-refractivity contribution >= 4 is 17.2 Å². The number of carbonyl (C=O) groups excluding carboxylic acids is 1. The van der Waals surface area contributed by atoms with E-state index in [9.17, 15) is 4.79 Å². The standard InChI is InChI=1S/C20H20N4OS/c1-2-16-4-3-14(11-21-16)20(25)24-8-5-17-18(6-9-24)22-13-23-19(17)15-7-10-26-12-15/h3-4,7,10-13H,2,5-6,8-9H2,1H3. The van der Waals surface area contributed by atoms with E-state index in [2.05, 4.69) is 38.7 Å². The molecule has 3 aromatic heterocycles. The summed E-state index contributed by atoms with van der Waals surface area (Å²) >= 11 is 1.66. The smallest absolute Gasteiger partial charge is 0.255 e.